The Hall–Kier alpha value is -1.56. The van der Waals surface area contributed by atoms with E-state index in [9.17, 15) is 13.6 Å². The maximum Gasteiger partial charge on any atom is 0.255 e. The predicted molar refractivity (Wildman–Crippen MR) is 81.0 cm³/mol. The molecule has 1 saturated carbocycles. The molecule has 0 aliphatic heterocycles. The number of nitrogens with one attached hydrogen (secondary N) is 1. The van der Waals surface area contributed by atoms with Gasteiger partial charge in [-0.3, -0.25) is 4.79 Å². The third-order valence-electron chi connectivity index (χ3n) is 4.13. The fraction of sp³-hybridized carbons (Fsp3) is 0.467. The zero-order valence-corrected chi connectivity index (χ0v) is 12.6. The van der Waals surface area contributed by atoms with Crippen LogP contribution >= 0.6 is 12.2 Å². The second-order valence-corrected chi connectivity index (χ2v) is 6.15. The Labute approximate surface area is 127 Å². The lowest BCUT2D eigenvalue weighted by Gasteiger charge is -2.39. The first-order valence-electron chi connectivity index (χ1n) is 6.91. The minimum atomic E-state index is -0.894. The first-order valence-corrected chi connectivity index (χ1v) is 7.32. The second-order valence-electron chi connectivity index (χ2n) is 5.71. The smallest absolute Gasteiger partial charge is 0.255 e. The van der Waals surface area contributed by atoms with Crippen molar-refractivity contribution in [2.45, 2.75) is 38.1 Å². The number of carbonyl (C=O) groups is 1. The summed E-state index contributed by atoms with van der Waals surface area (Å²) in [6, 6.07) is 2.86. The molecule has 1 aromatic carbocycles. The van der Waals surface area contributed by atoms with E-state index >= 15 is 0 Å². The van der Waals surface area contributed by atoms with E-state index in [4.69, 9.17) is 18.0 Å². The van der Waals surface area contributed by atoms with E-state index in [-0.39, 0.29) is 10.6 Å². The highest BCUT2D eigenvalue weighted by molar-refractivity contribution is 7.80. The van der Waals surface area contributed by atoms with Crippen molar-refractivity contribution in [1.82, 2.24) is 5.32 Å². The van der Waals surface area contributed by atoms with Crippen LogP contribution in [0.5, 0.6) is 0 Å². The normalized spacial score (nSPS) is 25.4. The second kappa shape index (κ2) is 6.05. The van der Waals surface area contributed by atoms with Crippen LogP contribution in [0.3, 0.4) is 0 Å². The number of halogens is 2. The van der Waals surface area contributed by atoms with Gasteiger partial charge in [0.1, 0.15) is 11.6 Å². The molecule has 21 heavy (non-hydrogen) atoms. The predicted octanol–water partition coefficient (Wildman–Crippen LogP) is 2.93. The monoisotopic (exact) mass is 312 g/mol. The summed E-state index contributed by atoms with van der Waals surface area (Å²) >= 11 is 5.10. The van der Waals surface area contributed by atoms with Crippen LogP contribution in [-0.4, -0.2) is 16.4 Å². The van der Waals surface area contributed by atoms with Gasteiger partial charge in [0.25, 0.3) is 5.91 Å². The minimum Gasteiger partial charge on any atom is -0.391 e. The molecule has 1 amide bonds. The number of thiocarbonyl (C=S) groups is 1. The van der Waals surface area contributed by atoms with Gasteiger partial charge in [0.05, 0.1) is 16.1 Å². The average molecular weight is 312 g/mol. The van der Waals surface area contributed by atoms with Crippen molar-refractivity contribution in [2.75, 3.05) is 0 Å². The summed E-state index contributed by atoms with van der Waals surface area (Å²) in [7, 11) is 0. The fourth-order valence-corrected chi connectivity index (χ4v) is 2.90. The van der Waals surface area contributed by atoms with E-state index < -0.39 is 23.1 Å². The lowest BCUT2D eigenvalue weighted by atomic mass is 9.77. The van der Waals surface area contributed by atoms with E-state index in [0.29, 0.717) is 24.8 Å². The Morgan fingerprint density at radius 1 is 1.38 bits per heavy atom. The number of nitrogens with two attached hydrogens (primary N) is 1. The molecule has 2 rings (SSSR count). The van der Waals surface area contributed by atoms with Crippen molar-refractivity contribution < 1.29 is 13.6 Å². The first-order chi connectivity index (χ1) is 9.84. The van der Waals surface area contributed by atoms with Crippen LogP contribution in [-0.2, 0) is 0 Å². The molecule has 0 spiro atoms. The van der Waals surface area contributed by atoms with Gasteiger partial charge in [0.2, 0.25) is 0 Å². The molecule has 1 aromatic rings. The molecule has 0 bridgehead atoms. The zero-order valence-electron chi connectivity index (χ0n) is 11.8. The quantitative estimate of drug-likeness (QED) is 0.844. The summed E-state index contributed by atoms with van der Waals surface area (Å²) in [4.78, 5) is 12.5. The third kappa shape index (κ3) is 3.37. The summed E-state index contributed by atoms with van der Waals surface area (Å²) in [5.74, 6) is -1.68. The van der Waals surface area contributed by atoms with E-state index in [0.717, 1.165) is 25.0 Å². The number of benzene rings is 1. The molecule has 0 atom stereocenters. The molecule has 0 saturated heterocycles. The van der Waals surface area contributed by atoms with Gasteiger partial charge in [0, 0.05) is 6.07 Å². The van der Waals surface area contributed by atoms with Crippen LogP contribution in [0, 0.1) is 17.6 Å². The Morgan fingerprint density at radius 2 is 2.00 bits per heavy atom. The molecule has 3 nitrogen and oxygen atoms in total. The van der Waals surface area contributed by atoms with Crippen LogP contribution in [0.25, 0.3) is 0 Å². The molecule has 1 fully saturated rings. The maximum atomic E-state index is 13.7. The molecule has 114 valence electrons. The third-order valence-corrected chi connectivity index (χ3v) is 4.52. The van der Waals surface area contributed by atoms with Crippen LogP contribution in [0.15, 0.2) is 18.2 Å². The molecule has 3 N–H and O–H groups in total. The van der Waals surface area contributed by atoms with Gasteiger partial charge in [-0.05, 0) is 43.7 Å². The summed E-state index contributed by atoms with van der Waals surface area (Å²) in [5.41, 5.74) is 4.82. The fourth-order valence-electron chi connectivity index (χ4n) is 2.65. The van der Waals surface area contributed by atoms with Crippen LogP contribution in [0.2, 0.25) is 0 Å². The maximum absolute atomic E-state index is 13.7. The number of hydrogen-bond donors (Lipinski definition) is 2. The highest BCUT2D eigenvalue weighted by Gasteiger charge is 2.38. The van der Waals surface area contributed by atoms with Gasteiger partial charge in [-0.15, -0.1) is 0 Å². The highest BCUT2D eigenvalue weighted by Crippen LogP contribution is 2.32. The van der Waals surface area contributed by atoms with E-state index in [1.807, 2.05) is 0 Å². The van der Waals surface area contributed by atoms with Crippen LogP contribution < -0.4 is 11.1 Å². The van der Waals surface area contributed by atoms with Crippen molar-refractivity contribution in [2.24, 2.45) is 11.7 Å². The largest absolute Gasteiger partial charge is 0.391 e. The average Bonchev–Trinajstić information content (AvgIpc) is 2.41. The summed E-state index contributed by atoms with van der Waals surface area (Å²) < 4.78 is 26.6. The molecule has 0 aromatic heterocycles. The molecule has 1 aliphatic carbocycles. The lowest BCUT2D eigenvalue weighted by Crippen LogP contribution is -2.58. The van der Waals surface area contributed by atoms with Crippen molar-refractivity contribution in [1.29, 1.82) is 0 Å². The molecule has 1 aliphatic rings. The number of hydrogen-bond acceptors (Lipinski definition) is 2. The van der Waals surface area contributed by atoms with Crippen molar-refractivity contribution >= 4 is 23.1 Å². The Balaban J connectivity index is 2.21. The van der Waals surface area contributed by atoms with Crippen molar-refractivity contribution in [3.8, 4) is 0 Å². The SMILES string of the molecule is CC1CCC(NC(=O)c2ccc(F)cc2F)(C(N)=S)CC1. The molecule has 0 unspecified atom stereocenters. The molecular formula is C15H18F2N2OS. The number of rotatable bonds is 3. The summed E-state index contributed by atoms with van der Waals surface area (Å²) in [5, 5.41) is 2.76. The topological polar surface area (TPSA) is 55.1 Å². The zero-order chi connectivity index (χ0) is 15.6. The van der Waals surface area contributed by atoms with Crippen molar-refractivity contribution in [3.63, 3.8) is 0 Å². The van der Waals surface area contributed by atoms with Gasteiger partial charge in [-0.1, -0.05) is 19.1 Å². The number of carbonyl (C=O) groups excluding carboxylic acids is 1. The lowest BCUT2D eigenvalue weighted by molar-refractivity contribution is 0.0896. The number of amides is 1. The van der Waals surface area contributed by atoms with Crippen molar-refractivity contribution in [3.05, 3.63) is 35.4 Å². The van der Waals surface area contributed by atoms with E-state index in [1.165, 1.54) is 0 Å². The van der Waals surface area contributed by atoms with Gasteiger partial charge in [-0.25, -0.2) is 8.78 Å². The molecular weight excluding hydrogens is 294 g/mol. The molecule has 6 heteroatoms. The first kappa shape index (κ1) is 15.8. The van der Waals surface area contributed by atoms with E-state index in [1.54, 1.807) is 0 Å². The van der Waals surface area contributed by atoms with Crippen LogP contribution in [0.4, 0.5) is 8.78 Å². The summed E-state index contributed by atoms with van der Waals surface area (Å²) in [6.07, 6.45) is 3.06. The Kier molecular flexibility index (Phi) is 4.56. The molecule has 0 heterocycles. The Morgan fingerprint density at radius 3 is 2.52 bits per heavy atom. The van der Waals surface area contributed by atoms with Gasteiger partial charge in [-0.2, -0.15) is 0 Å². The van der Waals surface area contributed by atoms with Gasteiger partial charge < -0.3 is 11.1 Å². The minimum absolute atomic E-state index is 0.203. The summed E-state index contributed by atoms with van der Waals surface area (Å²) in [6.45, 7) is 2.13. The van der Waals surface area contributed by atoms with Gasteiger partial charge in [0.15, 0.2) is 0 Å². The van der Waals surface area contributed by atoms with Crippen LogP contribution in [0.1, 0.15) is 43.0 Å². The molecule has 0 radical (unpaired) electrons. The highest BCUT2D eigenvalue weighted by atomic mass is 32.1. The standard InChI is InChI=1S/C15H18F2N2OS/c1-9-4-6-15(7-5-9,14(18)21)19-13(20)11-3-2-10(16)8-12(11)17/h2-3,8-9H,4-7H2,1H3,(H2,18,21)(H,19,20). The van der Waals surface area contributed by atoms with Gasteiger partial charge >= 0.3 is 0 Å². The Bertz CT molecular complexity index is 569. The van der Waals surface area contributed by atoms with E-state index in [2.05, 4.69) is 12.2 Å².